The largest absolute Gasteiger partial charge is 0.496 e. The summed E-state index contributed by atoms with van der Waals surface area (Å²) in [6.45, 7) is 4.00. The summed E-state index contributed by atoms with van der Waals surface area (Å²) in [4.78, 5) is 11.3. The monoisotopic (exact) mass is 266 g/mol. The van der Waals surface area contributed by atoms with E-state index in [9.17, 15) is 9.90 Å². The van der Waals surface area contributed by atoms with Crippen molar-refractivity contribution in [3.05, 3.63) is 28.8 Å². The number of carboxylic acid groups (broad SMARTS) is 1. The van der Waals surface area contributed by atoms with Crippen molar-refractivity contribution in [1.29, 1.82) is 0 Å². The molecule has 0 aliphatic heterocycles. The topological polar surface area (TPSA) is 70.6 Å². The molecule has 0 aliphatic rings. The first-order chi connectivity index (χ1) is 8.96. The summed E-state index contributed by atoms with van der Waals surface area (Å²) in [6.07, 6.45) is 0. The lowest BCUT2D eigenvalue weighted by Gasteiger charge is -2.26. The molecule has 1 aromatic carbocycles. The van der Waals surface area contributed by atoms with Gasteiger partial charge in [0.1, 0.15) is 11.8 Å². The Kier molecular flexibility index (Phi) is 5.32. The van der Waals surface area contributed by atoms with E-state index in [4.69, 9.17) is 4.74 Å². The molecule has 0 fully saturated rings. The highest BCUT2D eigenvalue weighted by molar-refractivity contribution is 5.75. The van der Waals surface area contributed by atoms with E-state index in [0.29, 0.717) is 5.75 Å². The highest BCUT2D eigenvalue weighted by Gasteiger charge is 2.29. The average molecular weight is 266 g/mol. The van der Waals surface area contributed by atoms with Gasteiger partial charge in [-0.15, -0.1) is 0 Å². The average Bonchev–Trinajstić information content (AvgIpc) is 2.38. The Morgan fingerprint density at radius 1 is 1.21 bits per heavy atom. The molecule has 1 aromatic rings. The molecular formula is C14H22N2O3. The SMILES string of the molecule is CNC(C(=O)O)C(NC)c1cc(C)c(C)cc1OC. The third-order valence-electron chi connectivity index (χ3n) is 3.40. The quantitative estimate of drug-likeness (QED) is 0.723. The molecular weight excluding hydrogens is 244 g/mol. The third-order valence-corrected chi connectivity index (χ3v) is 3.40. The van der Waals surface area contributed by atoms with Gasteiger partial charge in [0.2, 0.25) is 0 Å². The van der Waals surface area contributed by atoms with Crippen LogP contribution in [0.3, 0.4) is 0 Å². The molecule has 0 bridgehead atoms. The molecule has 0 aliphatic carbocycles. The number of ether oxygens (including phenoxy) is 1. The predicted molar refractivity (Wildman–Crippen MR) is 74.8 cm³/mol. The maximum atomic E-state index is 11.3. The molecule has 2 unspecified atom stereocenters. The molecule has 0 radical (unpaired) electrons. The van der Waals surface area contributed by atoms with Crippen LogP contribution in [0, 0.1) is 13.8 Å². The zero-order chi connectivity index (χ0) is 14.6. The number of carbonyl (C=O) groups is 1. The second-order valence-corrected chi connectivity index (χ2v) is 4.55. The standard InChI is InChI=1S/C14H22N2O3/c1-8-6-10(11(19-5)7-9(8)2)12(15-3)13(16-4)14(17)18/h6-7,12-13,15-16H,1-5H3,(H,17,18). The predicted octanol–water partition coefficient (Wildman–Crippen LogP) is 1.25. The summed E-state index contributed by atoms with van der Waals surface area (Å²) in [6, 6.07) is 2.82. The van der Waals surface area contributed by atoms with Crippen molar-refractivity contribution in [2.24, 2.45) is 0 Å². The van der Waals surface area contributed by atoms with Crippen LogP contribution in [0.2, 0.25) is 0 Å². The highest BCUT2D eigenvalue weighted by Crippen LogP contribution is 2.30. The number of likely N-dealkylation sites (N-methyl/N-ethyl adjacent to an activating group) is 2. The van der Waals surface area contributed by atoms with E-state index >= 15 is 0 Å². The van der Waals surface area contributed by atoms with E-state index in [0.717, 1.165) is 16.7 Å². The van der Waals surface area contributed by atoms with Gasteiger partial charge in [0.25, 0.3) is 0 Å². The Hall–Kier alpha value is -1.59. The smallest absolute Gasteiger partial charge is 0.322 e. The Morgan fingerprint density at radius 2 is 1.79 bits per heavy atom. The first-order valence-electron chi connectivity index (χ1n) is 6.18. The number of rotatable bonds is 6. The molecule has 106 valence electrons. The van der Waals surface area contributed by atoms with E-state index in [1.54, 1.807) is 21.2 Å². The Bertz CT molecular complexity index is 460. The molecule has 3 N–H and O–H groups in total. The van der Waals surface area contributed by atoms with Gasteiger partial charge in [-0.05, 0) is 45.1 Å². The van der Waals surface area contributed by atoms with Crippen LogP contribution in [0.1, 0.15) is 22.7 Å². The van der Waals surface area contributed by atoms with Gasteiger partial charge in [0.05, 0.1) is 13.2 Å². The van der Waals surface area contributed by atoms with Gasteiger partial charge in [0.15, 0.2) is 0 Å². The molecule has 0 amide bonds. The van der Waals surface area contributed by atoms with Gasteiger partial charge in [-0.3, -0.25) is 4.79 Å². The lowest BCUT2D eigenvalue weighted by molar-refractivity contribution is -0.140. The van der Waals surface area contributed by atoms with Crippen LogP contribution in [-0.4, -0.2) is 38.3 Å². The second kappa shape index (κ2) is 6.54. The van der Waals surface area contributed by atoms with Crippen LogP contribution >= 0.6 is 0 Å². The van der Waals surface area contributed by atoms with Gasteiger partial charge in [-0.1, -0.05) is 6.07 Å². The molecule has 19 heavy (non-hydrogen) atoms. The van der Waals surface area contributed by atoms with Gasteiger partial charge >= 0.3 is 5.97 Å². The zero-order valence-electron chi connectivity index (χ0n) is 12.1. The Balaban J connectivity index is 3.31. The van der Waals surface area contributed by atoms with E-state index in [1.165, 1.54) is 0 Å². The summed E-state index contributed by atoms with van der Waals surface area (Å²) in [7, 11) is 4.97. The van der Waals surface area contributed by atoms with Crippen molar-refractivity contribution in [1.82, 2.24) is 10.6 Å². The molecule has 2 atom stereocenters. The van der Waals surface area contributed by atoms with Crippen molar-refractivity contribution in [2.45, 2.75) is 25.9 Å². The molecule has 1 rings (SSSR count). The highest BCUT2D eigenvalue weighted by atomic mass is 16.5. The van der Waals surface area contributed by atoms with Crippen molar-refractivity contribution in [3.63, 3.8) is 0 Å². The van der Waals surface area contributed by atoms with E-state index in [-0.39, 0.29) is 6.04 Å². The summed E-state index contributed by atoms with van der Waals surface area (Å²) < 4.78 is 5.38. The molecule has 5 heteroatoms. The van der Waals surface area contributed by atoms with E-state index in [1.807, 2.05) is 26.0 Å². The number of hydrogen-bond donors (Lipinski definition) is 3. The fourth-order valence-corrected chi connectivity index (χ4v) is 2.17. The minimum atomic E-state index is -0.901. The number of hydrogen-bond acceptors (Lipinski definition) is 4. The number of carboxylic acids is 1. The van der Waals surface area contributed by atoms with Crippen molar-refractivity contribution in [3.8, 4) is 5.75 Å². The maximum absolute atomic E-state index is 11.3. The van der Waals surface area contributed by atoms with Crippen LogP contribution in [0.4, 0.5) is 0 Å². The fourth-order valence-electron chi connectivity index (χ4n) is 2.17. The van der Waals surface area contributed by atoms with Crippen LogP contribution in [0.25, 0.3) is 0 Å². The minimum Gasteiger partial charge on any atom is -0.496 e. The summed E-state index contributed by atoms with van der Waals surface area (Å²) in [5.74, 6) is -0.203. The first kappa shape index (κ1) is 15.5. The third kappa shape index (κ3) is 3.24. The first-order valence-corrected chi connectivity index (χ1v) is 6.18. The summed E-state index contributed by atoms with van der Waals surface area (Å²) in [5, 5.41) is 15.1. The number of benzene rings is 1. The van der Waals surface area contributed by atoms with Gasteiger partial charge in [-0.2, -0.15) is 0 Å². The number of aliphatic carboxylic acids is 1. The lowest BCUT2D eigenvalue weighted by atomic mass is 9.95. The molecule has 0 spiro atoms. The minimum absolute atomic E-state index is 0.364. The number of aryl methyl sites for hydroxylation is 2. The van der Waals surface area contributed by atoms with Crippen molar-refractivity contribution < 1.29 is 14.6 Å². The Morgan fingerprint density at radius 3 is 2.21 bits per heavy atom. The lowest BCUT2D eigenvalue weighted by Crippen LogP contribution is -2.44. The second-order valence-electron chi connectivity index (χ2n) is 4.55. The Labute approximate surface area is 114 Å². The van der Waals surface area contributed by atoms with Gasteiger partial charge < -0.3 is 20.5 Å². The van der Waals surface area contributed by atoms with Gasteiger partial charge in [0, 0.05) is 5.56 Å². The van der Waals surface area contributed by atoms with Crippen LogP contribution in [0.15, 0.2) is 12.1 Å². The fraction of sp³-hybridized carbons (Fsp3) is 0.500. The maximum Gasteiger partial charge on any atom is 0.322 e. The summed E-state index contributed by atoms with van der Waals surface area (Å²) >= 11 is 0. The van der Waals surface area contributed by atoms with Crippen LogP contribution in [-0.2, 0) is 4.79 Å². The zero-order valence-corrected chi connectivity index (χ0v) is 12.1. The van der Waals surface area contributed by atoms with Gasteiger partial charge in [-0.25, -0.2) is 0 Å². The number of nitrogens with one attached hydrogen (secondary N) is 2. The molecule has 0 heterocycles. The molecule has 5 nitrogen and oxygen atoms in total. The molecule has 0 saturated heterocycles. The number of methoxy groups -OCH3 is 1. The van der Waals surface area contributed by atoms with E-state index < -0.39 is 12.0 Å². The summed E-state index contributed by atoms with van der Waals surface area (Å²) in [5.41, 5.74) is 3.07. The van der Waals surface area contributed by atoms with Crippen LogP contribution in [0.5, 0.6) is 5.75 Å². The normalized spacial score (nSPS) is 13.9. The van der Waals surface area contributed by atoms with E-state index in [2.05, 4.69) is 10.6 Å². The molecule has 0 saturated carbocycles. The molecule has 0 aromatic heterocycles. The van der Waals surface area contributed by atoms with Crippen LogP contribution < -0.4 is 15.4 Å². The van der Waals surface area contributed by atoms with Crippen molar-refractivity contribution >= 4 is 5.97 Å². The van der Waals surface area contributed by atoms with Crippen molar-refractivity contribution in [2.75, 3.05) is 21.2 Å².